The van der Waals surface area contributed by atoms with E-state index in [2.05, 4.69) is 20.4 Å². The predicted molar refractivity (Wildman–Crippen MR) is 43.5 cm³/mol. The number of hydrogen-bond acceptors (Lipinski definition) is 0. The fourth-order valence-corrected chi connectivity index (χ4v) is 0.734. The van der Waals surface area contributed by atoms with Crippen LogP contribution in [0, 0.1) is 11.8 Å². The lowest BCUT2D eigenvalue weighted by Crippen LogP contribution is -1.99. The lowest BCUT2D eigenvalue weighted by molar-refractivity contribution is 0.560. The molecule has 2 unspecified atom stereocenters. The third-order valence-corrected chi connectivity index (χ3v) is 1.72. The Morgan fingerprint density at radius 3 is 2.22 bits per heavy atom. The van der Waals surface area contributed by atoms with Crippen molar-refractivity contribution in [3.05, 3.63) is 24.3 Å². The minimum Gasteiger partial charge on any atom is -0.103 e. The lowest BCUT2D eigenvalue weighted by atomic mass is 9.97. The highest BCUT2D eigenvalue weighted by atomic mass is 35.5. The van der Waals surface area contributed by atoms with Gasteiger partial charge in [-0.05, 0) is 11.8 Å². The number of hydrogen-bond donors (Lipinski definition) is 0. The van der Waals surface area contributed by atoms with Crippen molar-refractivity contribution in [2.24, 2.45) is 11.8 Å². The Morgan fingerprint density at radius 1 is 1.33 bits per heavy atom. The van der Waals surface area contributed by atoms with E-state index >= 15 is 0 Å². The molecular formula is C8H13Cl. The maximum absolute atomic E-state index is 5.38. The van der Waals surface area contributed by atoms with Crippen molar-refractivity contribution in [1.82, 2.24) is 0 Å². The maximum atomic E-state index is 5.38. The first-order chi connectivity index (χ1) is 4.22. The summed E-state index contributed by atoms with van der Waals surface area (Å²) in [6.07, 6.45) is 3.90. The first kappa shape index (κ1) is 8.77. The van der Waals surface area contributed by atoms with E-state index in [1.807, 2.05) is 12.2 Å². The minimum atomic E-state index is 0.500. The van der Waals surface area contributed by atoms with Crippen LogP contribution < -0.4 is 0 Å². The van der Waals surface area contributed by atoms with Crippen molar-refractivity contribution < 1.29 is 0 Å². The molecule has 0 radical (unpaired) electrons. The van der Waals surface area contributed by atoms with Gasteiger partial charge in [-0.1, -0.05) is 37.6 Å². The van der Waals surface area contributed by atoms with Crippen molar-refractivity contribution in [1.29, 1.82) is 0 Å². The van der Waals surface area contributed by atoms with Gasteiger partial charge in [0.05, 0.1) is 0 Å². The molecule has 0 aliphatic carbocycles. The van der Waals surface area contributed by atoms with Crippen molar-refractivity contribution in [3.8, 4) is 0 Å². The van der Waals surface area contributed by atoms with Crippen LogP contribution >= 0.6 is 11.6 Å². The molecule has 52 valence electrons. The Bertz CT molecular complexity index is 105. The molecule has 0 aliphatic heterocycles. The van der Waals surface area contributed by atoms with Gasteiger partial charge >= 0.3 is 0 Å². The highest BCUT2D eigenvalue weighted by molar-refractivity contribution is 6.25. The van der Waals surface area contributed by atoms with E-state index in [0.29, 0.717) is 11.8 Å². The van der Waals surface area contributed by atoms with E-state index < -0.39 is 0 Å². The minimum absolute atomic E-state index is 0.500. The van der Waals surface area contributed by atoms with Crippen molar-refractivity contribution in [3.63, 3.8) is 0 Å². The summed E-state index contributed by atoms with van der Waals surface area (Å²) in [5, 5.41) is 0. The molecule has 0 N–H and O–H groups in total. The molecule has 0 aromatic carbocycles. The van der Waals surface area contributed by atoms with Crippen LogP contribution in [0.15, 0.2) is 24.3 Å². The second-order valence-electron chi connectivity index (χ2n) is 2.27. The van der Waals surface area contributed by atoms with Gasteiger partial charge in [0, 0.05) is 5.54 Å². The van der Waals surface area contributed by atoms with Crippen molar-refractivity contribution >= 4 is 11.6 Å². The van der Waals surface area contributed by atoms with E-state index in [-0.39, 0.29) is 0 Å². The van der Waals surface area contributed by atoms with Crippen LogP contribution in [-0.4, -0.2) is 0 Å². The van der Waals surface area contributed by atoms with Gasteiger partial charge in [-0.2, -0.15) is 0 Å². The average Bonchev–Trinajstić information content (AvgIpc) is 1.87. The Morgan fingerprint density at radius 2 is 1.89 bits per heavy atom. The zero-order chi connectivity index (χ0) is 7.28. The molecule has 2 atom stereocenters. The Kier molecular flexibility index (Phi) is 4.51. The van der Waals surface area contributed by atoms with Gasteiger partial charge in [-0.3, -0.25) is 0 Å². The summed E-state index contributed by atoms with van der Waals surface area (Å²) in [6, 6.07) is 0. The molecule has 0 spiro atoms. The molecule has 0 aliphatic rings. The summed E-state index contributed by atoms with van der Waals surface area (Å²) in [4.78, 5) is 0. The van der Waals surface area contributed by atoms with Crippen LogP contribution in [-0.2, 0) is 0 Å². The Hall–Kier alpha value is -0.230. The third kappa shape index (κ3) is 3.36. The summed E-state index contributed by atoms with van der Waals surface area (Å²) in [7, 11) is 0. The van der Waals surface area contributed by atoms with Crippen molar-refractivity contribution in [2.45, 2.75) is 13.8 Å². The Labute approximate surface area is 62.2 Å². The predicted octanol–water partition coefficient (Wildman–Crippen LogP) is 3.20. The highest BCUT2D eigenvalue weighted by Crippen LogP contribution is 2.12. The van der Waals surface area contributed by atoms with Gasteiger partial charge in [-0.25, -0.2) is 0 Å². The molecule has 1 heteroatoms. The summed E-state index contributed by atoms with van der Waals surface area (Å²) < 4.78 is 0. The molecule has 9 heavy (non-hydrogen) atoms. The normalized spacial score (nSPS) is 17.7. The van der Waals surface area contributed by atoms with Gasteiger partial charge < -0.3 is 0 Å². The summed E-state index contributed by atoms with van der Waals surface area (Å²) >= 11 is 5.38. The summed E-state index contributed by atoms with van der Waals surface area (Å²) in [5.74, 6) is 1.01. The fraction of sp³-hybridized carbons (Fsp3) is 0.500. The van der Waals surface area contributed by atoms with Crippen LogP contribution in [0.25, 0.3) is 0 Å². The van der Waals surface area contributed by atoms with Gasteiger partial charge in [-0.15, -0.1) is 6.58 Å². The van der Waals surface area contributed by atoms with Gasteiger partial charge in [0.15, 0.2) is 0 Å². The first-order valence-corrected chi connectivity index (χ1v) is 3.55. The number of allylic oxidation sites excluding steroid dienone is 2. The van der Waals surface area contributed by atoms with Crippen LogP contribution in [0.2, 0.25) is 0 Å². The van der Waals surface area contributed by atoms with Gasteiger partial charge in [0.1, 0.15) is 0 Å². The SMILES string of the molecule is C=CC(C)C(C)/C=C/Cl. The zero-order valence-corrected chi connectivity index (χ0v) is 6.73. The number of halogens is 1. The highest BCUT2D eigenvalue weighted by Gasteiger charge is 2.02. The van der Waals surface area contributed by atoms with Crippen LogP contribution in [0.3, 0.4) is 0 Å². The molecule has 0 amide bonds. The van der Waals surface area contributed by atoms with Gasteiger partial charge in [0.2, 0.25) is 0 Å². The quantitative estimate of drug-likeness (QED) is 0.534. The van der Waals surface area contributed by atoms with Gasteiger partial charge in [0.25, 0.3) is 0 Å². The average molecular weight is 145 g/mol. The van der Waals surface area contributed by atoms with E-state index in [1.165, 1.54) is 0 Å². The lowest BCUT2D eigenvalue weighted by Gasteiger charge is -2.09. The fourth-order valence-electron chi connectivity index (χ4n) is 0.505. The Balaban J connectivity index is 3.71. The largest absolute Gasteiger partial charge is 0.103 e. The topological polar surface area (TPSA) is 0 Å². The molecule has 0 aromatic heterocycles. The molecule has 0 saturated heterocycles. The van der Waals surface area contributed by atoms with Crippen LogP contribution in [0.1, 0.15) is 13.8 Å². The monoisotopic (exact) mass is 144 g/mol. The maximum Gasteiger partial charge on any atom is 0.000536 e. The molecule has 0 fully saturated rings. The smallest absolute Gasteiger partial charge is 0.000536 e. The van der Waals surface area contributed by atoms with E-state index in [9.17, 15) is 0 Å². The molecule has 0 bridgehead atoms. The molecular weight excluding hydrogens is 132 g/mol. The second-order valence-corrected chi connectivity index (χ2v) is 2.52. The first-order valence-electron chi connectivity index (χ1n) is 3.11. The standard InChI is InChI=1S/C8H13Cl/c1-4-7(2)8(3)5-6-9/h4-8H,1H2,2-3H3/b6-5+. The molecule has 0 nitrogen and oxygen atoms in total. The van der Waals surface area contributed by atoms with Crippen LogP contribution in [0.5, 0.6) is 0 Å². The van der Waals surface area contributed by atoms with Crippen molar-refractivity contribution in [2.75, 3.05) is 0 Å². The summed E-state index contributed by atoms with van der Waals surface area (Å²) in [6.45, 7) is 7.92. The molecule has 0 saturated carbocycles. The molecule has 0 rings (SSSR count). The summed E-state index contributed by atoms with van der Waals surface area (Å²) in [5.41, 5.74) is 1.56. The molecule has 0 aromatic rings. The number of rotatable bonds is 3. The zero-order valence-electron chi connectivity index (χ0n) is 5.97. The third-order valence-electron chi connectivity index (χ3n) is 1.58. The van der Waals surface area contributed by atoms with E-state index in [4.69, 9.17) is 11.6 Å². The van der Waals surface area contributed by atoms with E-state index in [1.54, 1.807) is 5.54 Å². The van der Waals surface area contributed by atoms with E-state index in [0.717, 1.165) is 0 Å². The molecule has 0 heterocycles. The second kappa shape index (κ2) is 4.63. The van der Waals surface area contributed by atoms with Crippen LogP contribution in [0.4, 0.5) is 0 Å².